The predicted molar refractivity (Wildman–Crippen MR) is 120 cm³/mol. The highest BCUT2D eigenvalue weighted by Gasteiger charge is 2.53. The van der Waals surface area contributed by atoms with Crippen LogP contribution >= 0.6 is 23.2 Å². The van der Waals surface area contributed by atoms with E-state index in [4.69, 9.17) is 33.2 Å². The van der Waals surface area contributed by atoms with Gasteiger partial charge in [0.1, 0.15) is 16.0 Å². The Morgan fingerprint density at radius 3 is 2.23 bits per heavy atom. The van der Waals surface area contributed by atoms with E-state index in [0.29, 0.717) is 22.6 Å². The summed E-state index contributed by atoms with van der Waals surface area (Å²) in [5, 5.41) is 29.3. The molecule has 160 valence electrons. The van der Waals surface area contributed by atoms with E-state index in [1.807, 2.05) is 6.07 Å². The zero-order valence-corrected chi connectivity index (χ0v) is 18.9. The fraction of sp³-hybridized carbons (Fsp3) is 0.292. The Labute approximate surface area is 192 Å². The molecule has 1 N–H and O–H groups in total. The second kappa shape index (κ2) is 10.4. The molecule has 3 unspecified atom stereocenters. The number of ether oxygens (including phenoxy) is 1. The molecule has 0 radical (unpaired) electrons. The molecule has 2 aromatic rings. The third kappa shape index (κ3) is 5.20. The zero-order chi connectivity index (χ0) is 23.2. The van der Waals surface area contributed by atoms with E-state index in [9.17, 15) is 15.2 Å². The SMILES string of the molecule is CC(C)C(C(=O)O)(C(C)C=C(Cl)Cl)C(C#N)c1cccc(Oc2ccc(C#N)cc2)c1. The third-order valence-electron chi connectivity index (χ3n) is 5.47. The van der Waals surface area contributed by atoms with E-state index >= 15 is 0 Å². The molecule has 2 rings (SSSR count). The highest BCUT2D eigenvalue weighted by atomic mass is 35.5. The topological polar surface area (TPSA) is 94.1 Å². The Morgan fingerprint density at radius 1 is 1.10 bits per heavy atom. The van der Waals surface area contributed by atoms with E-state index in [1.165, 1.54) is 6.08 Å². The fourth-order valence-corrected chi connectivity index (χ4v) is 4.34. The van der Waals surface area contributed by atoms with Crippen molar-refractivity contribution in [3.8, 4) is 23.6 Å². The Morgan fingerprint density at radius 2 is 1.74 bits per heavy atom. The first-order chi connectivity index (χ1) is 14.7. The van der Waals surface area contributed by atoms with Crippen molar-refractivity contribution < 1.29 is 14.6 Å². The summed E-state index contributed by atoms with van der Waals surface area (Å²) >= 11 is 11.7. The van der Waals surface area contributed by atoms with Crippen LogP contribution in [0.5, 0.6) is 11.5 Å². The maximum atomic E-state index is 12.6. The molecule has 7 heteroatoms. The molecule has 5 nitrogen and oxygen atoms in total. The second-order valence-electron chi connectivity index (χ2n) is 7.51. The minimum absolute atomic E-state index is 0.0478. The van der Waals surface area contributed by atoms with Crippen LogP contribution in [-0.2, 0) is 4.79 Å². The summed E-state index contributed by atoms with van der Waals surface area (Å²) in [6.45, 7) is 5.23. The van der Waals surface area contributed by atoms with Gasteiger partial charge in [-0.3, -0.25) is 4.79 Å². The van der Waals surface area contributed by atoms with Crippen molar-refractivity contribution in [1.82, 2.24) is 0 Å². The smallest absolute Gasteiger partial charge is 0.312 e. The Balaban J connectivity index is 2.53. The summed E-state index contributed by atoms with van der Waals surface area (Å²) in [6, 6.07) is 17.6. The summed E-state index contributed by atoms with van der Waals surface area (Å²) in [6.07, 6.45) is 1.46. The lowest BCUT2D eigenvalue weighted by atomic mass is 9.59. The lowest BCUT2D eigenvalue weighted by Crippen LogP contribution is -2.46. The molecule has 0 aliphatic carbocycles. The molecule has 0 heterocycles. The molecule has 0 bridgehead atoms. The number of benzene rings is 2. The van der Waals surface area contributed by atoms with Crippen LogP contribution in [-0.4, -0.2) is 11.1 Å². The van der Waals surface area contributed by atoms with Crippen LogP contribution in [0.25, 0.3) is 0 Å². The summed E-state index contributed by atoms with van der Waals surface area (Å²) in [5.41, 5.74) is -0.457. The van der Waals surface area contributed by atoms with Gasteiger partial charge in [-0.25, -0.2) is 0 Å². The maximum Gasteiger partial charge on any atom is 0.312 e. The van der Waals surface area contributed by atoms with Gasteiger partial charge in [-0.1, -0.05) is 62.2 Å². The van der Waals surface area contributed by atoms with E-state index in [2.05, 4.69) is 6.07 Å². The van der Waals surface area contributed by atoms with E-state index in [0.717, 1.165) is 0 Å². The predicted octanol–water partition coefficient (Wildman–Crippen LogP) is 6.64. The van der Waals surface area contributed by atoms with Crippen LogP contribution in [0.4, 0.5) is 0 Å². The Kier molecular flexibility index (Phi) is 8.11. The number of nitriles is 2. The number of allylic oxidation sites excluding steroid dienone is 1. The Hall–Kier alpha value is -2.99. The van der Waals surface area contributed by atoms with Gasteiger partial charge in [-0.15, -0.1) is 0 Å². The van der Waals surface area contributed by atoms with E-state index < -0.39 is 29.1 Å². The molecule has 0 spiro atoms. The number of aliphatic carboxylic acids is 1. The first kappa shape index (κ1) is 24.3. The lowest BCUT2D eigenvalue weighted by Gasteiger charge is -2.41. The molecule has 31 heavy (non-hydrogen) atoms. The highest BCUT2D eigenvalue weighted by Crippen LogP contribution is 2.49. The van der Waals surface area contributed by atoms with Crippen LogP contribution in [0.1, 0.15) is 37.8 Å². The standard InChI is InChI=1S/C24H22Cl2N2O3/c1-15(2)24(23(29)30,16(3)11-22(25)26)21(14-28)18-5-4-6-20(12-18)31-19-9-7-17(13-27)8-10-19/h4-12,15-16,21H,1-3H3,(H,29,30). The van der Waals surface area contributed by atoms with Gasteiger partial charge in [0.15, 0.2) is 0 Å². The first-order valence-electron chi connectivity index (χ1n) is 9.60. The van der Waals surface area contributed by atoms with Gasteiger partial charge < -0.3 is 9.84 Å². The number of carboxylic acid groups (broad SMARTS) is 1. The zero-order valence-electron chi connectivity index (χ0n) is 17.3. The van der Waals surface area contributed by atoms with Crippen molar-refractivity contribution in [2.75, 3.05) is 0 Å². The molecule has 2 aromatic carbocycles. The monoisotopic (exact) mass is 456 g/mol. The lowest BCUT2D eigenvalue weighted by molar-refractivity contribution is -0.155. The molecule has 0 amide bonds. The molecule has 0 fully saturated rings. The van der Waals surface area contributed by atoms with Gasteiger partial charge in [0.05, 0.1) is 29.0 Å². The summed E-state index contributed by atoms with van der Waals surface area (Å²) in [4.78, 5) is 12.6. The van der Waals surface area contributed by atoms with Gasteiger partial charge in [-0.2, -0.15) is 10.5 Å². The number of halogens is 2. The van der Waals surface area contributed by atoms with Gasteiger partial charge >= 0.3 is 5.97 Å². The number of carbonyl (C=O) groups is 1. The van der Waals surface area contributed by atoms with Crippen LogP contribution in [0.3, 0.4) is 0 Å². The molecular weight excluding hydrogens is 435 g/mol. The Bertz CT molecular complexity index is 1050. The summed E-state index contributed by atoms with van der Waals surface area (Å²) < 4.78 is 5.80. The van der Waals surface area contributed by atoms with Gasteiger partial charge in [0.25, 0.3) is 0 Å². The molecule has 3 atom stereocenters. The van der Waals surface area contributed by atoms with Crippen molar-refractivity contribution >= 4 is 29.2 Å². The van der Waals surface area contributed by atoms with Crippen LogP contribution in [0, 0.1) is 39.9 Å². The van der Waals surface area contributed by atoms with Gasteiger partial charge in [-0.05, 0) is 53.8 Å². The first-order valence-corrected chi connectivity index (χ1v) is 10.4. The molecule has 0 saturated carbocycles. The van der Waals surface area contributed by atoms with E-state index in [-0.39, 0.29) is 4.49 Å². The molecule has 0 aromatic heterocycles. The number of hydrogen-bond donors (Lipinski definition) is 1. The van der Waals surface area contributed by atoms with Crippen molar-refractivity contribution in [1.29, 1.82) is 10.5 Å². The molecule has 0 aliphatic rings. The van der Waals surface area contributed by atoms with Crippen molar-refractivity contribution in [2.24, 2.45) is 17.3 Å². The molecular formula is C24H22Cl2N2O3. The van der Waals surface area contributed by atoms with Gasteiger partial charge in [0.2, 0.25) is 0 Å². The number of hydrogen-bond acceptors (Lipinski definition) is 4. The van der Waals surface area contributed by atoms with Crippen LogP contribution in [0.2, 0.25) is 0 Å². The average Bonchev–Trinajstić information content (AvgIpc) is 2.71. The van der Waals surface area contributed by atoms with Crippen molar-refractivity contribution in [3.63, 3.8) is 0 Å². The van der Waals surface area contributed by atoms with Crippen molar-refractivity contribution in [2.45, 2.75) is 26.7 Å². The number of nitrogens with zero attached hydrogens (tertiary/aromatic N) is 2. The second-order valence-corrected chi connectivity index (χ2v) is 8.52. The fourth-order valence-electron chi connectivity index (χ4n) is 3.96. The molecule has 0 saturated heterocycles. The normalized spacial score (nSPS) is 14.5. The highest BCUT2D eigenvalue weighted by molar-refractivity contribution is 6.55. The largest absolute Gasteiger partial charge is 0.481 e. The average molecular weight is 457 g/mol. The number of carboxylic acids is 1. The summed E-state index contributed by atoms with van der Waals surface area (Å²) in [7, 11) is 0. The van der Waals surface area contributed by atoms with Gasteiger partial charge in [0, 0.05) is 0 Å². The third-order valence-corrected chi connectivity index (χ3v) is 5.72. The van der Waals surface area contributed by atoms with E-state index in [1.54, 1.807) is 69.3 Å². The summed E-state index contributed by atoms with van der Waals surface area (Å²) in [5.74, 6) is -2.16. The minimum Gasteiger partial charge on any atom is -0.481 e. The molecule has 0 aliphatic heterocycles. The van der Waals surface area contributed by atoms with Crippen LogP contribution < -0.4 is 4.74 Å². The van der Waals surface area contributed by atoms with Crippen molar-refractivity contribution in [3.05, 3.63) is 70.2 Å². The van der Waals surface area contributed by atoms with Crippen LogP contribution in [0.15, 0.2) is 59.1 Å². The quantitative estimate of drug-likeness (QED) is 0.480. The number of rotatable bonds is 8. The maximum absolute atomic E-state index is 12.6. The minimum atomic E-state index is -1.48.